The number of carbonyl (C=O) groups excluding carboxylic acids is 1. The van der Waals surface area contributed by atoms with E-state index in [2.05, 4.69) is 4.72 Å². The van der Waals surface area contributed by atoms with E-state index in [4.69, 9.17) is 16.3 Å². The highest BCUT2D eigenvalue weighted by atomic mass is 35.5. The van der Waals surface area contributed by atoms with Gasteiger partial charge in [-0.3, -0.25) is 14.1 Å². The molecule has 10 heteroatoms. The summed E-state index contributed by atoms with van der Waals surface area (Å²) in [6, 6.07) is 8.75. The van der Waals surface area contributed by atoms with Gasteiger partial charge in [-0.1, -0.05) is 29.9 Å². The van der Waals surface area contributed by atoms with Crippen molar-refractivity contribution in [3.63, 3.8) is 0 Å². The average Bonchev–Trinajstić information content (AvgIpc) is 2.97. The summed E-state index contributed by atoms with van der Waals surface area (Å²) < 4.78 is 35.1. The summed E-state index contributed by atoms with van der Waals surface area (Å²) in [6.07, 6.45) is 0.801. The first kappa shape index (κ1) is 21.4. The van der Waals surface area contributed by atoms with E-state index < -0.39 is 16.0 Å². The van der Waals surface area contributed by atoms with Crippen LogP contribution in [0, 0.1) is 0 Å². The molecular formula is C19H19ClN2O5S2. The molecule has 0 spiro atoms. The van der Waals surface area contributed by atoms with Gasteiger partial charge in [0.15, 0.2) is 0 Å². The predicted octanol–water partition coefficient (Wildman–Crippen LogP) is 4.10. The third kappa shape index (κ3) is 4.47. The molecule has 3 aromatic rings. The Bertz CT molecular complexity index is 1230. The smallest absolute Gasteiger partial charge is 0.339 e. The Labute approximate surface area is 176 Å². The van der Waals surface area contributed by atoms with Gasteiger partial charge in [-0.2, -0.15) is 0 Å². The van der Waals surface area contributed by atoms with E-state index in [0.29, 0.717) is 16.8 Å². The zero-order valence-corrected chi connectivity index (χ0v) is 18.2. The third-order valence-corrected chi connectivity index (χ3v) is 6.75. The lowest BCUT2D eigenvalue weighted by molar-refractivity contribution is 0.0526. The van der Waals surface area contributed by atoms with Gasteiger partial charge in [0.25, 0.3) is 10.0 Å². The Balaban J connectivity index is 1.90. The van der Waals surface area contributed by atoms with Crippen LogP contribution in [0.1, 0.15) is 30.6 Å². The van der Waals surface area contributed by atoms with Crippen molar-refractivity contribution in [2.24, 2.45) is 0 Å². The Morgan fingerprint density at radius 1 is 1.21 bits per heavy atom. The second kappa shape index (κ2) is 8.56. The largest absolute Gasteiger partial charge is 0.462 e. The molecule has 0 unspecified atom stereocenters. The zero-order valence-electron chi connectivity index (χ0n) is 15.8. The van der Waals surface area contributed by atoms with Crippen LogP contribution in [0.15, 0.2) is 46.1 Å². The van der Waals surface area contributed by atoms with Gasteiger partial charge >= 0.3 is 10.8 Å². The Morgan fingerprint density at radius 2 is 1.97 bits per heavy atom. The number of anilines is 1. The molecule has 0 aliphatic heterocycles. The number of nitrogens with one attached hydrogen (secondary N) is 1. The Kier molecular flexibility index (Phi) is 6.30. The lowest BCUT2D eigenvalue weighted by atomic mass is 10.2. The van der Waals surface area contributed by atoms with Gasteiger partial charge in [-0.05, 0) is 49.7 Å². The van der Waals surface area contributed by atoms with Crippen LogP contribution in [0.3, 0.4) is 0 Å². The van der Waals surface area contributed by atoms with E-state index in [1.807, 2.05) is 6.92 Å². The molecule has 0 radical (unpaired) electrons. The number of esters is 1. The molecule has 1 N–H and O–H groups in total. The summed E-state index contributed by atoms with van der Waals surface area (Å²) in [4.78, 5) is 23.8. The van der Waals surface area contributed by atoms with Crippen molar-refractivity contribution < 1.29 is 17.9 Å². The molecule has 0 saturated carbocycles. The number of aryl methyl sites for hydroxylation is 1. The predicted molar refractivity (Wildman–Crippen MR) is 115 cm³/mol. The average molecular weight is 455 g/mol. The fourth-order valence-corrected chi connectivity index (χ4v) is 5.18. The fourth-order valence-electron chi connectivity index (χ4n) is 2.82. The molecule has 1 heterocycles. The SMILES string of the molecule is CCCn1c(=O)sc2cc(S(=O)(=O)Nc3ccc(C(=O)OCC)c(Cl)c3)ccc21. The summed E-state index contributed by atoms with van der Waals surface area (Å²) in [5.41, 5.74) is 1.07. The van der Waals surface area contributed by atoms with E-state index in [9.17, 15) is 18.0 Å². The van der Waals surface area contributed by atoms with Gasteiger partial charge in [0.1, 0.15) is 0 Å². The first-order chi connectivity index (χ1) is 13.8. The summed E-state index contributed by atoms with van der Waals surface area (Å²) in [6.45, 7) is 4.43. The molecule has 3 rings (SSSR count). The quantitative estimate of drug-likeness (QED) is 0.542. The second-order valence-electron chi connectivity index (χ2n) is 6.17. The minimum atomic E-state index is -3.91. The van der Waals surface area contributed by atoms with Crippen LogP contribution < -0.4 is 9.60 Å². The summed E-state index contributed by atoms with van der Waals surface area (Å²) in [5, 5.41) is 0.0777. The van der Waals surface area contributed by atoms with Crippen LogP contribution in [0.4, 0.5) is 5.69 Å². The molecule has 0 amide bonds. The Hall–Kier alpha value is -2.36. The number of benzene rings is 2. The number of hydrogen-bond acceptors (Lipinski definition) is 6. The molecule has 0 atom stereocenters. The van der Waals surface area contributed by atoms with Crippen molar-refractivity contribution in [3.05, 3.63) is 56.7 Å². The maximum absolute atomic E-state index is 12.8. The molecule has 0 fully saturated rings. The first-order valence-corrected chi connectivity index (χ1v) is 11.6. The summed E-state index contributed by atoms with van der Waals surface area (Å²) >= 11 is 7.10. The van der Waals surface area contributed by atoms with E-state index in [0.717, 1.165) is 17.8 Å². The van der Waals surface area contributed by atoms with Crippen molar-refractivity contribution in [3.8, 4) is 0 Å². The lowest BCUT2D eigenvalue weighted by Crippen LogP contribution is -2.14. The van der Waals surface area contributed by atoms with Crippen molar-refractivity contribution in [1.29, 1.82) is 0 Å². The van der Waals surface area contributed by atoms with Crippen molar-refractivity contribution in [1.82, 2.24) is 4.57 Å². The molecule has 29 heavy (non-hydrogen) atoms. The molecule has 2 aromatic carbocycles. The number of sulfonamides is 1. The highest BCUT2D eigenvalue weighted by Crippen LogP contribution is 2.26. The second-order valence-corrected chi connectivity index (χ2v) is 9.25. The Morgan fingerprint density at radius 3 is 2.62 bits per heavy atom. The number of nitrogens with zero attached hydrogens (tertiary/aromatic N) is 1. The lowest BCUT2D eigenvalue weighted by Gasteiger charge is -2.10. The van der Waals surface area contributed by atoms with Crippen LogP contribution >= 0.6 is 22.9 Å². The van der Waals surface area contributed by atoms with Gasteiger partial charge in [0.2, 0.25) is 0 Å². The topological polar surface area (TPSA) is 94.5 Å². The standard InChI is InChI=1S/C19H19ClN2O5S2/c1-3-9-22-16-8-6-13(11-17(16)28-19(22)24)29(25,26)21-12-5-7-14(15(20)10-12)18(23)27-4-2/h5-8,10-11,21H,3-4,9H2,1-2H3. The van der Waals surface area contributed by atoms with Crippen molar-refractivity contribution in [2.45, 2.75) is 31.7 Å². The van der Waals surface area contributed by atoms with Gasteiger partial charge in [-0.15, -0.1) is 0 Å². The van der Waals surface area contributed by atoms with E-state index in [1.54, 1.807) is 17.6 Å². The van der Waals surface area contributed by atoms with Gasteiger partial charge in [0, 0.05) is 6.54 Å². The molecular weight excluding hydrogens is 436 g/mol. The van der Waals surface area contributed by atoms with Gasteiger partial charge < -0.3 is 4.74 Å². The number of aromatic nitrogens is 1. The number of ether oxygens (including phenoxy) is 1. The van der Waals surface area contributed by atoms with E-state index in [-0.39, 0.29) is 32.6 Å². The van der Waals surface area contributed by atoms with Crippen LogP contribution in [-0.4, -0.2) is 25.6 Å². The third-order valence-electron chi connectivity index (χ3n) is 4.11. The van der Waals surface area contributed by atoms with Crippen molar-refractivity contribution >= 4 is 54.8 Å². The van der Waals surface area contributed by atoms with Crippen LogP contribution in [0.5, 0.6) is 0 Å². The number of fused-ring (bicyclic) bond motifs is 1. The molecule has 0 aliphatic rings. The first-order valence-electron chi connectivity index (χ1n) is 8.89. The van der Waals surface area contributed by atoms with Crippen LogP contribution in [0.2, 0.25) is 5.02 Å². The minimum Gasteiger partial charge on any atom is -0.462 e. The van der Waals surface area contributed by atoms with Crippen molar-refractivity contribution in [2.75, 3.05) is 11.3 Å². The number of thiazole rings is 1. The zero-order chi connectivity index (χ0) is 21.2. The number of halogens is 1. The number of hydrogen-bond donors (Lipinski definition) is 1. The summed E-state index contributed by atoms with van der Waals surface area (Å²) in [7, 11) is -3.91. The van der Waals surface area contributed by atoms with Crippen LogP contribution in [0.25, 0.3) is 10.2 Å². The maximum Gasteiger partial charge on any atom is 0.339 e. The molecule has 0 aliphatic carbocycles. The number of carbonyl (C=O) groups is 1. The highest BCUT2D eigenvalue weighted by molar-refractivity contribution is 7.92. The fraction of sp³-hybridized carbons (Fsp3) is 0.263. The van der Waals surface area contributed by atoms with Crippen LogP contribution in [-0.2, 0) is 21.3 Å². The molecule has 0 saturated heterocycles. The van der Waals surface area contributed by atoms with E-state index in [1.165, 1.54) is 30.3 Å². The minimum absolute atomic E-state index is 0.0282. The molecule has 1 aromatic heterocycles. The molecule has 7 nitrogen and oxygen atoms in total. The highest BCUT2D eigenvalue weighted by Gasteiger charge is 2.18. The molecule has 0 bridgehead atoms. The summed E-state index contributed by atoms with van der Waals surface area (Å²) in [5.74, 6) is -0.580. The van der Waals surface area contributed by atoms with E-state index >= 15 is 0 Å². The number of rotatable bonds is 7. The monoisotopic (exact) mass is 454 g/mol. The normalized spacial score (nSPS) is 11.6. The maximum atomic E-state index is 12.8. The molecule has 154 valence electrons. The van der Waals surface area contributed by atoms with Gasteiger partial charge in [-0.25, -0.2) is 13.2 Å². The van der Waals surface area contributed by atoms with Gasteiger partial charge in [0.05, 0.1) is 38.0 Å².